The van der Waals surface area contributed by atoms with Crippen molar-refractivity contribution < 1.29 is 4.42 Å². The molecule has 0 aliphatic rings. The molecule has 0 fully saturated rings. The third-order valence-corrected chi connectivity index (χ3v) is 5.42. The zero-order valence-electron chi connectivity index (χ0n) is 15.8. The van der Waals surface area contributed by atoms with Gasteiger partial charge in [-0.1, -0.05) is 42.5 Å². The summed E-state index contributed by atoms with van der Waals surface area (Å²) in [4.78, 5) is 18.0. The molecule has 0 unspecified atom stereocenters. The average Bonchev–Trinajstić information content (AvgIpc) is 3.10. The molecule has 0 spiro atoms. The van der Waals surface area contributed by atoms with Crippen molar-refractivity contribution in [3.05, 3.63) is 93.2 Å². The molecule has 3 aromatic heterocycles. The minimum Gasteiger partial charge on any atom is -0.440 e. The Labute approximate surface area is 180 Å². The Morgan fingerprint density at radius 3 is 2.63 bits per heavy atom. The van der Waals surface area contributed by atoms with E-state index in [0.29, 0.717) is 34.7 Å². The summed E-state index contributed by atoms with van der Waals surface area (Å²) < 4.78 is 8.55. The molecule has 5 rings (SSSR count). The Bertz CT molecular complexity index is 1440. The largest absolute Gasteiger partial charge is 0.440 e. The maximum atomic E-state index is 13.3. The average molecular weight is 461 g/mol. The van der Waals surface area contributed by atoms with Gasteiger partial charge in [0.15, 0.2) is 0 Å². The van der Waals surface area contributed by atoms with Gasteiger partial charge < -0.3 is 15.5 Å². The highest BCUT2D eigenvalue weighted by Crippen LogP contribution is 2.33. The Morgan fingerprint density at radius 1 is 1.03 bits per heavy atom. The molecule has 148 valence electrons. The first kappa shape index (κ1) is 18.4. The van der Waals surface area contributed by atoms with Crippen molar-refractivity contribution in [2.75, 3.05) is 11.1 Å². The topological polar surface area (TPSA) is 85.6 Å². The molecule has 0 bridgehead atoms. The van der Waals surface area contributed by atoms with Crippen LogP contribution in [0.2, 0.25) is 0 Å². The summed E-state index contributed by atoms with van der Waals surface area (Å²) in [7, 11) is 0. The number of benzene rings is 2. The summed E-state index contributed by atoms with van der Waals surface area (Å²) in [5.41, 5.74) is 8.95. The second-order valence-corrected chi connectivity index (χ2v) is 7.81. The van der Waals surface area contributed by atoms with Crippen molar-refractivity contribution in [1.82, 2.24) is 9.38 Å². The number of imidazole rings is 1. The molecule has 0 amide bonds. The number of nitrogen functional groups attached to an aromatic ring is 1. The first-order chi connectivity index (χ1) is 14.6. The molecule has 0 saturated heterocycles. The van der Waals surface area contributed by atoms with Crippen LogP contribution in [0.5, 0.6) is 0 Å². The van der Waals surface area contributed by atoms with E-state index >= 15 is 0 Å². The molecule has 0 aliphatic carbocycles. The molecule has 3 N–H and O–H groups in total. The van der Waals surface area contributed by atoms with Crippen LogP contribution in [0.4, 0.5) is 11.7 Å². The number of pyridine rings is 1. The van der Waals surface area contributed by atoms with Gasteiger partial charge in [-0.3, -0.25) is 9.20 Å². The number of nitrogens with two attached hydrogens (primary N) is 1. The van der Waals surface area contributed by atoms with E-state index in [4.69, 9.17) is 15.1 Å². The van der Waals surface area contributed by atoms with E-state index in [2.05, 4.69) is 21.2 Å². The van der Waals surface area contributed by atoms with Gasteiger partial charge in [0, 0.05) is 17.2 Å². The number of fused-ring (bicyclic) bond motifs is 2. The van der Waals surface area contributed by atoms with Gasteiger partial charge in [-0.05, 0) is 45.8 Å². The number of anilines is 2. The highest BCUT2D eigenvalue weighted by atomic mass is 79.9. The van der Waals surface area contributed by atoms with Crippen molar-refractivity contribution in [2.45, 2.75) is 6.54 Å². The molecular formula is C23H17BrN4O2. The Kier molecular flexibility index (Phi) is 4.52. The molecule has 6 nitrogen and oxygen atoms in total. The van der Waals surface area contributed by atoms with Crippen molar-refractivity contribution in [2.24, 2.45) is 0 Å². The van der Waals surface area contributed by atoms with Crippen molar-refractivity contribution in [3.8, 4) is 11.3 Å². The van der Waals surface area contributed by atoms with Gasteiger partial charge >= 0.3 is 0 Å². The molecular weight excluding hydrogens is 444 g/mol. The Balaban J connectivity index is 1.73. The van der Waals surface area contributed by atoms with Crippen LogP contribution in [0, 0.1) is 0 Å². The van der Waals surface area contributed by atoms with Crippen LogP contribution in [0.1, 0.15) is 5.56 Å². The second kappa shape index (κ2) is 7.35. The smallest absolute Gasteiger partial charge is 0.204 e. The van der Waals surface area contributed by atoms with Gasteiger partial charge in [0.2, 0.25) is 11.3 Å². The van der Waals surface area contributed by atoms with Gasteiger partial charge in [-0.25, -0.2) is 4.98 Å². The predicted octanol–water partition coefficient (Wildman–Crippen LogP) is 5.06. The highest BCUT2D eigenvalue weighted by Gasteiger charge is 2.22. The SMILES string of the molecule is Nc1oc2ccccc2c(=O)c1-c1nc2ccc(Br)cn2c1NCc1ccccc1. The van der Waals surface area contributed by atoms with Gasteiger partial charge in [0.1, 0.15) is 28.3 Å². The van der Waals surface area contributed by atoms with Crippen LogP contribution in [-0.4, -0.2) is 9.38 Å². The zero-order chi connectivity index (χ0) is 20.7. The van der Waals surface area contributed by atoms with Gasteiger partial charge in [0.25, 0.3) is 0 Å². The number of nitrogens with one attached hydrogen (secondary N) is 1. The lowest BCUT2D eigenvalue weighted by molar-refractivity contribution is 0.626. The van der Waals surface area contributed by atoms with Crippen LogP contribution in [-0.2, 0) is 6.54 Å². The molecule has 7 heteroatoms. The molecule has 0 saturated carbocycles. The summed E-state index contributed by atoms with van der Waals surface area (Å²) in [6, 6.07) is 20.8. The number of para-hydroxylation sites is 1. The molecule has 30 heavy (non-hydrogen) atoms. The Hall–Kier alpha value is -3.58. The summed E-state index contributed by atoms with van der Waals surface area (Å²) in [6.45, 7) is 0.562. The van der Waals surface area contributed by atoms with Crippen LogP contribution in [0.25, 0.3) is 27.9 Å². The standard InChI is InChI=1S/C23H17BrN4O2/c24-15-10-11-18-27-20(19-21(29)16-8-4-5-9-17(16)30-22(19)25)23(28(18)13-15)26-12-14-6-2-1-3-7-14/h1-11,13,26H,12,25H2. The number of hydrogen-bond acceptors (Lipinski definition) is 5. The van der Waals surface area contributed by atoms with Gasteiger partial charge in [0.05, 0.1) is 5.39 Å². The molecule has 3 heterocycles. The third-order valence-electron chi connectivity index (χ3n) is 4.95. The van der Waals surface area contributed by atoms with E-state index in [0.717, 1.165) is 10.0 Å². The first-order valence-corrected chi connectivity index (χ1v) is 10.2. The molecule has 0 radical (unpaired) electrons. The number of nitrogens with zero attached hydrogens (tertiary/aromatic N) is 2. The van der Waals surface area contributed by atoms with Crippen molar-refractivity contribution in [1.29, 1.82) is 0 Å². The van der Waals surface area contributed by atoms with Gasteiger partial charge in [-0.2, -0.15) is 0 Å². The maximum absolute atomic E-state index is 13.3. The van der Waals surface area contributed by atoms with Gasteiger partial charge in [-0.15, -0.1) is 0 Å². The molecule has 0 aliphatic heterocycles. The molecule has 5 aromatic rings. The Morgan fingerprint density at radius 2 is 1.80 bits per heavy atom. The lowest BCUT2D eigenvalue weighted by Gasteiger charge is -2.10. The fraction of sp³-hybridized carbons (Fsp3) is 0.0435. The van der Waals surface area contributed by atoms with E-state index in [1.54, 1.807) is 24.3 Å². The first-order valence-electron chi connectivity index (χ1n) is 9.39. The van der Waals surface area contributed by atoms with E-state index < -0.39 is 0 Å². The van der Waals surface area contributed by atoms with E-state index in [1.165, 1.54) is 0 Å². The number of rotatable bonds is 4. The fourth-order valence-electron chi connectivity index (χ4n) is 3.53. The summed E-state index contributed by atoms with van der Waals surface area (Å²) in [6.07, 6.45) is 1.90. The monoisotopic (exact) mass is 460 g/mol. The quantitative estimate of drug-likeness (QED) is 0.391. The second-order valence-electron chi connectivity index (χ2n) is 6.89. The number of aromatic nitrogens is 2. The van der Waals surface area contributed by atoms with E-state index in [-0.39, 0.29) is 16.9 Å². The number of halogens is 1. The highest BCUT2D eigenvalue weighted by molar-refractivity contribution is 9.10. The van der Waals surface area contributed by atoms with Crippen LogP contribution >= 0.6 is 15.9 Å². The minimum atomic E-state index is -0.209. The summed E-state index contributed by atoms with van der Waals surface area (Å²) >= 11 is 3.51. The maximum Gasteiger partial charge on any atom is 0.204 e. The normalized spacial score (nSPS) is 11.2. The lowest BCUT2D eigenvalue weighted by Crippen LogP contribution is -2.11. The zero-order valence-corrected chi connectivity index (χ0v) is 17.4. The fourth-order valence-corrected chi connectivity index (χ4v) is 3.86. The van der Waals surface area contributed by atoms with Crippen molar-refractivity contribution in [3.63, 3.8) is 0 Å². The summed E-state index contributed by atoms with van der Waals surface area (Å²) in [5.74, 6) is 0.716. The molecule has 2 aromatic carbocycles. The van der Waals surface area contributed by atoms with Crippen LogP contribution in [0.3, 0.4) is 0 Å². The van der Waals surface area contributed by atoms with E-state index in [9.17, 15) is 4.79 Å². The van der Waals surface area contributed by atoms with Crippen LogP contribution in [0.15, 0.2) is 86.6 Å². The molecule has 0 atom stereocenters. The lowest BCUT2D eigenvalue weighted by atomic mass is 10.1. The predicted molar refractivity (Wildman–Crippen MR) is 123 cm³/mol. The number of hydrogen-bond donors (Lipinski definition) is 2. The minimum absolute atomic E-state index is 0.0453. The van der Waals surface area contributed by atoms with Crippen LogP contribution < -0.4 is 16.5 Å². The summed E-state index contributed by atoms with van der Waals surface area (Å²) in [5, 5.41) is 3.89. The van der Waals surface area contributed by atoms with E-state index in [1.807, 2.05) is 53.1 Å². The third kappa shape index (κ3) is 3.13. The van der Waals surface area contributed by atoms with Crippen molar-refractivity contribution >= 4 is 44.2 Å².